The largest absolute Gasteiger partial charge is 0.368 e. The highest BCUT2D eigenvalue weighted by molar-refractivity contribution is 14.1. The van der Waals surface area contributed by atoms with Crippen molar-refractivity contribution < 1.29 is 0 Å². The number of halogens is 2. The molecule has 6 nitrogen and oxygen atoms in total. The Bertz CT molecular complexity index is 663. The molecule has 1 atom stereocenters. The molecule has 1 aliphatic carbocycles. The van der Waals surface area contributed by atoms with Crippen LogP contribution in [-0.4, -0.2) is 24.8 Å². The molecule has 0 saturated carbocycles. The van der Waals surface area contributed by atoms with Crippen molar-refractivity contribution in [2.24, 2.45) is 10.2 Å². The van der Waals surface area contributed by atoms with Gasteiger partial charge in [-0.25, -0.2) is 4.98 Å². The fraction of sp³-hybridized carbons (Fsp3) is 0.0909. The van der Waals surface area contributed by atoms with Gasteiger partial charge >= 0.3 is 0 Å². The molecule has 0 spiro atoms. The summed E-state index contributed by atoms with van der Waals surface area (Å²) >= 11 is 8.28. The number of rotatable bonds is 2. The zero-order valence-corrected chi connectivity index (χ0v) is 12.4. The molecule has 0 fully saturated rings. The van der Waals surface area contributed by atoms with Crippen molar-refractivity contribution >= 4 is 56.8 Å². The third-order valence-corrected chi connectivity index (χ3v) is 3.81. The lowest BCUT2D eigenvalue weighted by atomic mass is 10.0. The van der Waals surface area contributed by atoms with Crippen LogP contribution in [-0.2, 0) is 0 Å². The van der Waals surface area contributed by atoms with Crippen LogP contribution >= 0.6 is 34.2 Å². The molecule has 0 saturated heterocycles. The summed E-state index contributed by atoms with van der Waals surface area (Å²) in [5.74, 6) is 0.855. The SMILES string of the molecule is Nc1nccc(NC2=CC(I)C3=NN=C(Cl)C3=C2)n1. The van der Waals surface area contributed by atoms with E-state index in [0.29, 0.717) is 11.0 Å². The van der Waals surface area contributed by atoms with E-state index in [4.69, 9.17) is 17.3 Å². The zero-order chi connectivity index (χ0) is 13.4. The number of nitrogens with zero attached hydrogens (tertiary/aromatic N) is 4. The molecule has 0 radical (unpaired) electrons. The van der Waals surface area contributed by atoms with E-state index in [-0.39, 0.29) is 9.87 Å². The molecule has 19 heavy (non-hydrogen) atoms. The number of anilines is 2. The minimum Gasteiger partial charge on any atom is -0.368 e. The summed E-state index contributed by atoms with van der Waals surface area (Å²) in [5.41, 5.74) is 8.13. The fourth-order valence-electron chi connectivity index (χ4n) is 1.76. The molecule has 1 aromatic heterocycles. The summed E-state index contributed by atoms with van der Waals surface area (Å²) in [5, 5.41) is 11.5. The quantitative estimate of drug-likeness (QED) is 0.602. The molecule has 8 heteroatoms. The lowest BCUT2D eigenvalue weighted by molar-refractivity contribution is 1.17. The average Bonchev–Trinajstić information content (AvgIpc) is 2.72. The smallest absolute Gasteiger partial charge is 0.221 e. The number of alkyl halides is 1. The van der Waals surface area contributed by atoms with E-state index in [1.54, 1.807) is 12.3 Å². The second-order valence-electron chi connectivity index (χ2n) is 3.88. The zero-order valence-electron chi connectivity index (χ0n) is 9.51. The van der Waals surface area contributed by atoms with Gasteiger partial charge in [-0.2, -0.15) is 10.1 Å². The van der Waals surface area contributed by atoms with E-state index >= 15 is 0 Å². The minimum absolute atomic E-state index is 0.110. The highest BCUT2D eigenvalue weighted by Crippen LogP contribution is 2.27. The van der Waals surface area contributed by atoms with Gasteiger partial charge in [0.05, 0.1) is 9.64 Å². The molecule has 96 valence electrons. The predicted octanol–water partition coefficient (Wildman–Crippen LogP) is 2.11. The third kappa shape index (κ3) is 2.47. The molecular formula is C11H8ClIN6. The molecule has 1 aliphatic heterocycles. The Hall–Kier alpha value is -1.48. The number of hydrogen-bond acceptors (Lipinski definition) is 6. The first kappa shape index (κ1) is 12.5. The fourth-order valence-corrected chi connectivity index (χ4v) is 2.79. The number of hydrogen-bond donors (Lipinski definition) is 2. The molecule has 0 bridgehead atoms. The maximum absolute atomic E-state index is 6.01. The van der Waals surface area contributed by atoms with Crippen LogP contribution in [0.25, 0.3) is 0 Å². The van der Waals surface area contributed by atoms with Crippen molar-refractivity contribution in [2.45, 2.75) is 3.92 Å². The number of allylic oxidation sites excluding steroid dienone is 3. The Morgan fingerprint density at radius 3 is 3.00 bits per heavy atom. The van der Waals surface area contributed by atoms with Gasteiger partial charge in [0, 0.05) is 17.5 Å². The summed E-state index contributed by atoms with van der Waals surface area (Å²) in [6.07, 6.45) is 5.51. The minimum atomic E-state index is 0.110. The van der Waals surface area contributed by atoms with Gasteiger partial charge in [-0.05, 0) is 18.2 Å². The van der Waals surface area contributed by atoms with Crippen LogP contribution in [0.1, 0.15) is 0 Å². The Morgan fingerprint density at radius 2 is 2.21 bits per heavy atom. The van der Waals surface area contributed by atoms with Crippen LogP contribution < -0.4 is 11.1 Å². The van der Waals surface area contributed by atoms with Crippen molar-refractivity contribution in [3.63, 3.8) is 0 Å². The first-order chi connectivity index (χ1) is 9.13. The van der Waals surface area contributed by atoms with Crippen LogP contribution in [0.4, 0.5) is 11.8 Å². The lowest BCUT2D eigenvalue weighted by Gasteiger charge is -2.16. The molecular weight excluding hydrogens is 379 g/mol. The van der Waals surface area contributed by atoms with E-state index in [0.717, 1.165) is 17.0 Å². The molecule has 0 aromatic carbocycles. The summed E-state index contributed by atoms with van der Waals surface area (Å²) in [6.45, 7) is 0. The normalized spacial score (nSPS) is 21.1. The molecule has 2 heterocycles. The van der Waals surface area contributed by atoms with Gasteiger partial charge in [-0.3, -0.25) is 0 Å². The number of fused-ring (bicyclic) bond motifs is 1. The van der Waals surface area contributed by atoms with Crippen molar-refractivity contribution in [3.8, 4) is 0 Å². The highest BCUT2D eigenvalue weighted by Gasteiger charge is 2.27. The van der Waals surface area contributed by atoms with Crippen LogP contribution in [0, 0.1) is 0 Å². The van der Waals surface area contributed by atoms with Crippen molar-refractivity contribution in [2.75, 3.05) is 11.1 Å². The highest BCUT2D eigenvalue weighted by atomic mass is 127. The van der Waals surface area contributed by atoms with Crippen LogP contribution in [0.5, 0.6) is 0 Å². The first-order valence-electron chi connectivity index (χ1n) is 5.38. The molecule has 0 amide bonds. The van der Waals surface area contributed by atoms with Gasteiger partial charge in [0.2, 0.25) is 5.95 Å². The van der Waals surface area contributed by atoms with E-state index in [2.05, 4.69) is 48.1 Å². The predicted molar refractivity (Wildman–Crippen MR) is 84.8 cm³/mol. The maximum atomic E-state index is 6.01. The summed E-state index contributed by atoms with van der Waals surface area (Å²) < 4.78 is 0.110. The standard InChI is InChI=1S/C11H8ClIN6/c12-10-6-3-5(4-7(13)9(6)18-19-10)16-8-1-2-15-11(14)17-8/h1-4,7H,(H3,14,15,16,17). The average molecular weight is 387 g/mol. The number of nitrogens with one attached hydrogen (secondary N) is 1. The van der Waals surface area contributed by atoms with Gasteiger partial charge in [0.25, 0.3) is 0 Å². The second kappa shape index (κ2) is 4.89. The third-order valence-electron chi connectivity index (χ3n) is 2.58. The van der Waals surface area contributed by atoms with Gasteiger partial charge in [-0.1, -0.05) is 34.2 Å². The van der Waals surface area contributed by atoms with Crippen molar-refractivity contribution in [1.29, 1.82) is 0 Å². The summed E-state index contributed by atoms with van der Waals surface area (Å²) in [7, 11) is 0. The Balaban J connectivity index is 1.88. The van der Waals surface area contributed by atoms with Gasteiger partial charge in [-0.15, -0.1) is 5.10 Å². The Labute approximate surface area is 127 Å². The van der Waals surface area contributed by atoms with E-state index in [9.17, 15) is 0 Å². The van der Waals surface area contributed by atoms with Gasteiger partial charge in [0.15, 0.2) is 5.17 Å². The molecule has 3 N–H and O–H groups in total. The maximum Gasteiger partial charge on any atom is 0.221 e. The van der Waals surface area contributed by atoms with E-state index < -0.39 is 0 Å². The molecule has 3 rings (SSSR count). The first-order valence-corrected chi connectivity index (χ1v) is 7.01. The lowest BCUT2D eigenvalue weighted by Crippen LogP contribution is -2.21. The van der Waals surface area contributed by atoms with E-state index in [1.165, 1.54) is 0 Å². The van der Waals surface area contributed by atoms with E-state index in [1.807, 2.05) is 12.2 Å². The summed E-state index contributed by atoms with van der Waals surface area (Å²) in [4.78, 5) is 7.93. The number of nitrogens with two attached hydrogens (primary N) is 1. The van der Waals surface area contributed by atoms with Crippen molar-refractivity contribution in [3.05, 3.63) is 35.7 Å². The van der Waals surface area contributed by atoms with Gasteiger partial charge < -0.3 is 11.1 Å². The van der Waals surface area contributed by atoms with Gasteiger partial charge in [0.1, 0.15) is 5.82 Å². The van der Waals surface area contributed by atoms with Crippen molar-refractivity contribution in [1.82, 2.24) is 9.97 Å². The van der Waals surface area contributed by atoms with Crippen LogP contribution in [0.15, 0.2) is 45.9 Å². The number of nitrogen functional groups attached to an aromatic ring is 1. The van der Waals surface area contributed by atoms with Crippen LogP contribution in [0.2, 0.25) is 0 Å². The summed E-state index contributed by atoms with van der Waals surface area (Å²) in [6, 6.07) is 1.74. The number of aromatic nitrogens is 2. The Kier molecular flexibility index (Phi) is 3.23. The second-order valence-corrected chi connectivity index (χ2v) is 5.58. The molecule has 1 unspecified atom stereocenters. The monoisotopic (exact) mass is 386 g/mol. The topological polar surface area (TPSA) is 88.5 Å². The molecule has 2 aliphatic rings. The molecule has 1 aromatic rings. The van der Waals surface area contributed by atoms with Crippen LogP contribution in [0.3, 0.4) is 0 Å². The Morgan fingerprint density at radius 1 is 1.37 bits per heavy atom.